The Bertz CT molecular complexity index is 434. The summed E-state index contributed by atoms with van der Waals surface area (Å²) < 4.78 is 0. The van der Waals surface area contributed by atoms with Crippen LogP contribution < -0.4 is 10.7 Å². The molecule has 1 aromatic rings. The zero-order valence-electron chi connectivity index (χ0n) is 5.96. The zero-order chi connectivity index (χ0) is 7.84. The van der Waals surface area contributed by atoms with Gasteiger partial charge in [0.2, 0.25) is 0 Å². The number of hydrogen-bond donors (Lipinski definition) is 0. The minimum atomic E-state index is -0.429. The highest BCUT2D eigenvalue weighted by Crippen LogP contribution is 1.89. The molecule has 0 aromatic heterocycles. The Morgan fingerprint density at radius 3 is 3.00 bits per heavy atom. The summed E-state index contributed by atoms with van der Waals surface area (Å²) in [6.45, 7) is 1.90. The van der Waals surface area contributed by atoms with Gasteiger partial charge in [-0.25, -0.2) is 4.79 Å². The first kappa shape index (κ1) is 6.22. The summed E-state index contributed by atoms with van der Waals surface area (Å²) in [6, 6.07) is 6.14. The number of nitrogens with zero attached hydrogens (tertiary/aromatic N) is 2. The first-order chi connectivity index (χ1) is 5.25. The van der Waals surface area contributed by atoms with Crippen LogP contribution in [0.4, 0.5) is 4.79 Å². The third-order valence-corrected chi connectivity index (χ3v) is 1.47. The van der Waals surface area contributed by atoms with Crippen LogP contribution in [0.5, 0.6) is 0 Å². The van der Waals surface area contributed by atoms with Gasteiger partial charge < -0.3 is 0 Å². The molecule has 0 atom stereocenters. The van der Waals surface area contributed by atoms with Crippen molar-refractivity contribution >= 4 is 6.03 Å². The van der Waals surface area contributed by atoms with Gasteiger partial charge in [0, 0.05) is 6.07 Å². The summed E-state index contributed by atoms with van der Waals surface area (Å²) in [4.78, 5) is 18.0. The van der Waals surface area contributed by atoms with Gasteiger partial charge in [0.15, 0.2) is 0 Å². The van der Waals surface area contributed by atoms with Gasteiger partial charge in [0.05, 0.1) is 5.36 Å². The van der Waals surface area contributed by atoms with Crippen molar-refractivity contribution in [3.63, 3.8) is 0 Å². The predicted molar refractivity (Wildman–Crippen MR) is 37.7 cm³/mol. The lowest BCUT2D eigenvalue weighted by Crippen LogP contribution is -2.21. The van der Waals surface area contributed by atoms with Crippen LogP contribution in [0.1, 0.15) is 5.56 Å². The molecule has 0 fully saturated rings. The van der Waals surface area contributed by atoms with Gasteiger partial charge in [0.1, 0.15) is 5.36 Å². The molecule has 2 amide bonds. The number of rotatable bonds is 0. The van der Waals surface area contributed by atoms with Gasteiger partial charge in [-0.2, -0.15) is 9.98 Å². The minimum absolute atomic E-state index is 0.429. The molecule has 0 unspecified atom stereocenters. The van der Waals surface area contributed by atoms with Crippen molar-refractivity contribution in [1.29, 1.82) is 0 Å². The van der Waals surface area contributed by atoms with Crippen molar-refractivity contribution in [1.82, 2.24) is 0 Å². The van der Waals surface area contributed by atoms with E-state index >= 15 is 0 Å². The van der Waals surface area contributed by atoms with Gasteiger partial charge in [-0.05, 0) is 18.6 Å². The van der Waals surface area contributed by atoms with Crippen molar-refractivity contribution in [3.05, 3.63) is 34.5 Å². The van der Waals surface area contributed by atoms with E-state index in [9.17, 15) is 4.79 Å². The van der Waals surface area contributed by atoms with E-state index in [4.69, 9.17) is 0 Å². The Morgan fingerprint density at radius 1 is 1.36 bits per heavy atom. The minimum Gasteiger partial charge on any atom is -0.244 e. The van der Waals surface area contributed by atoms with Crippen molar-refractivity contribution in [2.45, 2.75) is 6.92 Å². The summed E-state index contributed by atoms with van der Waals surface area (Å²) in [5.74, 6) is 0. The van der Waals surface area contributed by atoms with Gasteiger partial charge >= 0.3 is 6.03 Å². The van der Waals surface area contributed by atoms with Crippen LogP contribution in [-0.2, 0) is 0 Å². The second-order valence-electron chi connectivity index (χ2n) is 2.38. The Kier molecular flexibility index (Phi) is 1.12. The topological polar surface area (TPSA) is 41.8 Å². The van der Waals surface area contributed by atoms with Crippen molar-refractivity contribution < 1.29 is 4.79 Å². The highest BCUT2D eigenvalue weighted by molar-refractivity contribution is 5.77. The summed E-state index contributed by atoms with van der Waals surface area (Å²) in [5, 5.41) is 1.19. The Morgan fingerprint density at radius 2 is 2.18 bits per heavy atom. The molecule has 3 nitrogen and oxygen atoms in total. The van der Waals surface area contributed by atoms with E-state index in [0.717, 1.165) is 5.56 Å². The van der Waals surface area contributed by atoms with Crippen molar-refractivity contribution in [2.24, 2.45) is 9.98 Å². The van der Waals surface area contributed by atoms with E-state index in [1.165, 1.54) is 0 Å². The summed E-state index contributed by atoms with van der Waals surface area (Å²) in [5.41, 5.74) is 0.970. The molecule has 0 saturated heterocycles. The third-order valence-electron chi connectivity index (χ3n) is 1.47. The predicted octanol–water partition coefficient (Wildman–Crippen LogP) is 0.168. The van der Waals surface area contributed by atoms with Crippen molar-refractivity contribution in [2.75, 3.05) is 0 Å². The van der Waals surface area contributed by atoms with Crippen LogP contribution in [0.25, 0.3) is 0 Å². The number of amides is 2. The lowest BCUT2D eigenvalue weighted by Gasteiger charge is -1.84. The van der Waals surface area contributed by atoms with E-state index < -0.39 is 6.03 Å². The normalized spacial score (nSPS) is 13.7. The largest absolute Gasteiger partial charge is 0.368 e. The first-order valence-corrected chi connectivity index (χ1v) is 3.26. The molecule has 1 aliphatic rings. The van der Waals surface area contributed by atoms with E-state index in [1.807, 2.05) is 13.0 Å². The van der Waals surface area contributed by atoms with Crippen LogP contribution in [-0.4, -0.2) is 6.03 Å². The lowest BCUT2D eigenvalue weighted by atomic mass is 10.2. The standard InChI is InChI=1S/C8H5N2O/c1-5-2-3-6-7(4-5)10-8(11)9-6/h2-3H,1H3. The fraction of sp³-hybridized carbons (Fsp3) is 0.125. The summed E-state index contributed by atoms with van der Waals surface area (Å²) >= 11 is 0. The van der Waals surface area contributed by atoms with E-state index in [1.54, 1.807) is 6.07 Å². The molecule has 0 bridgehead atoms. The maximum atomic E-state index is 10.7. The maximum Gasteiger partial charge on any atom is 0.368 e. The number of aryl methyl sites for hydroxylation is 1. The molecular formula is C8H5N2O. The second-order valence-corrected chi connectivity index (χ2v) is 2.38. The smallest absolute Gasteiger partial charge is 0.244 e. The number of hydrogen-bond acceptors (Lipinski definition) is 1. The van der Waals surface area contributed by atoms with E-state index in [-0.39, 0.29) is 0 Å². The zero-order valence-corrected chi connectivity index (χ0v) is 5.96. The molecule has 1 aliphatic heterocycles. The molecule has 3 heteroatoms. The SMILES string of the molecule is Cc1[c]c2c(cc1)=NC(=O)N=2. The molecule has 2 rings (SSSR count). The average Bonchev–Trinajstić information content (AvgIpc) is 2.27. The Balaban J connectivity index is 2.89. The molecule has 0 spiro atoms. The van der Waals surface area contributed by atoms with Crippen LogP contribution >= 0.6 is 0 Å². The number of benzene rings is 1. The number of fused-ring (bicyclic) bond motifs is 1. The Hall–Kier alpha value is -1.51. The molecule has 53 valence electrons. The van der Waals surface area contributed by atoms with E-state index in [0.29, 0.717) is 10.7 Å². The molecule has 0 aliphatic carbocycles. The molecule has 1 radical (unpaired) electrons. The molecule has 1 aromatic carbocycles. The quantitative estimate of drug-likeness (QED) is 0.513. The van der Waals surface area contributed by atoms with Crippen LogP contribution in [0.15, 0.2) is 22.1 Å². The second kappa shape index (κ2) is 1.99. The van der Waals surface area contributed by atoms with E-state index in [2.05, 4.69) is 16.1 Å². The fourth-order valence-corrected chi connectivity index (χ4v) is 0.974. The van der Waals surface area contributed by atoms with Gasteiger partial charge in [-0.3, -0.25) is 0 Å². The van der Waals surface area contributed by atoms with Crippen LogP contribution in [0.3, 0.4) is 0 Å². The lowest BCUT2D eigenvalue weighted by molar-refractivity contribution is 0.256. The highest BCUT2D eigenvalue weighted by atomic mass is 16.2. The molecule has 1 heterocycles. The number of urea groups is 1. The first-order valence-electron chi connectivity index (χ1n) is 3.26. The monoisotopic (exact) mass is 145 g/mol. The fourth-order valence-electron chi connectivity index (χ4n) is 0.974. The average molecular weight is 145 g/mol. The summed E-state index contributed by atoms with van der Waals surface area (Å²) in [6.07, 6.45) is 0. The Labute approximate surface area is 63.1 Å². The number of carbonyl (C=O) groups is 1. The highest BCUT2D eigenvalue weighted by Gasteiger charge is 2.03. The molecule has 0 saturated carbocycles. The van der Waals surface area contributed by atoms with Gasteiger partial charge in [0.25, 0.3) is 0 Å². The maximum absolute atomic E-state index is 10.7. The molecule has 0 N–H and O–H groups in total. The van der Waals surface area contributed by atoms with Gasteiger partial charge in [-0.1, -0.05) is 6.07 Å². The van der Waals surface area contributed by atoms with Crippen LogP contribution in [0.2, 0.25) is 0 Å². The molecule has 11 heavy (non-hydrogen) atoms. The summed E-state index contributed by atoms with van der Waals surface area (Å²) in [7, 11) is 0. The van der Waals surface area contributed by atoms with Gasteiger partial charge in [-0.15, -0.1) is 0 Å². The van der Waals surface area contributed by atoms with Crippen molar-refractivity contribution in [3.8, 4) is 0 Å². The number of carbonyl (C=O) groups excluding carboxylic acids is 1. The van der Waals surface area contributed by atoms with Crippen LogP contribution in [0, 0.1) is 13.0 Å². The third kappa shape index (κ3) is 0.941. The molecular weight excluding hydrogens is 140 g/mol.